The molecule has 4 heteroatoms. The summed E-state index contributed by atoms with van der Waals surface area (Å²) < 4.78 is 2.08. The largest absolute Gasteiger partial charge is 0.310 e. The highest BCUT2D eigenvalue weighted by Crippen LogP contribution is 2.22. The minimum atomic E-state index is 0.337. The van der Waals surface area contributed by atoms with Crippen molar-refractivity contribution < 1.29 is 0 Å². The highest BCUT2D eigenvalue weighted by molar-refractivity contribution is 6.30. The van der Waals surface area contributed by atoms with E-state index in [0.29, 0.717) is 6.04 Å². The van der Waals surface area contributed by atoms with Gasteiger partial charge >= 0.3 is 0 Å². The van der Waals surface area contributed by atoms with Crippen molar-refractivity contribution in [3.05, 3.63) is 51.8 Å². The van der Waals surface area contributed by atoms with Gasteiger partial charge in [-0.3, -0.25) is 4.68 Å². The number of halogens is 1. The molecule has 0 bridgehead atoms. The molecule has 1 heterocycles. The van der Waals surface area contributed by atoms with Crippen LogP contribution in [0, 0.1) is 13.8 Å². The van der Waals surface area contributed by atoms with Crippen molar-refractivity contribution in [2.45, 2.75) is 46.7 Å². The Bertz CT molecular complexity index is 587. The van der Waals surface area contributed by atoms with Gasteiger partial charge in [-0.2, -0.15) is 5.10 Å². The Balaban J connectivity index is 2.20. The normalized spacial score (nSPS) is 12.6. The SMILES string of the molecule is CCCNC(C)c1c(C)nn(Cc2ccc(Cl)cc2)c1C. The van der Waals surface area contributed by atoms with Crippen molar-refractivity contribution >= 4 is 11.6 Å². The monoisotopic (exact) mass is 305 g/mol. The van der Waals surface area contributed by atoms with E-state index < -0.39 is 0 Å². The Morgan fingerprint density at radius 3 is 2.52 bits per heavy atom. The maximum Gasteiger partial charge on any atom is 0.0662 e. The Morgan fingerprint density at radius 2 is 1.90 bits per heavy atom. The van der Waals surface area contributed by atoms with E-state index >= 15 is 0 Å². The zero-order valence-electron chi connectivity index (χ0n) is 13.3. The number of hydrogen-bond acceptors (Lipinski definition) is 2. The third-order valence-corrected chi connectivity index (χ3v) is 4.07. The van der Waals surface area contributed by atoms with Crippen LogP contribution in [-0.2, 0) is 6.54 Å². The second kappa shape index (κ2) is 7.10. The van der Waals surface area contributed by atoms with Gasteiger partial charge in [0.25, 0.3) is 0 Å². The van der Waals surface area contributed by atoms with Crippen molar-refractivity contribution in [2.75, 3.05) is 6.54 Å². The number of rotatable bonds is 6. The number of nitrogens with zero attached hydrogens (tertiary/aromatic N) is 2. The average molecular weight is 306 g/mol. The van der Waals surface area contributed by atoms with Crippen LogP contribution in [0.15, 0.2) is 24.3 Å². The smallest absolute Gasteiger partial charge is 0.0662 e. The van der Waals surface area contributed by atoms with E-state index in [9.17, 15) is 0 Å². The quantitative estimate of drug-likeness (QED) is 0.864. The van der Waals surface area contributed by atoms with Crippen LogP contribution in [-0.4, -0.2) is 16.3 Å². The van der Waals surface area contributed by atoms with E-state index in [0.717, 1.165) is 30.2 Å². The number of hydrogen-bond donors (Lipinski definition) is 1. The van der Waals surface area contributed by atoms with Gasteiger partial charge in [0.1, 0.15) is 0 Å². The molecular weight excluding hydrogens is 282 g/mol. The predicted octanol–water partition coefficient (Wildman–Crippen LogP) is 4.26. The number of nitrogens with one attached hydrogen (secondary N) is 1. The molecule has 0 saturated heterocycles. The van der Waals surface area contributed by atoms with Crippen LogP contribution in [0.25, 0.3) is 0 Å². The third-order valence-electron chi connectivity index (χ3n) is 3.82. The van der Waals surface area contributed by atoms with Gasteiger partial charge < -0.3 is 5.32 Å². The summed E-state index contributed by atoms with van der Waals surface area (Å²) in [5.74, 6) is 0. The van der Waals surface area contributed by atoms with Crippen molar-refractivity contribution in [3.63, 3.8) is 0 Å². The van der Waals surface area contributed by atoms with Gasteiger partial charge in [-0.15, -0.1) is 0 Å². The van der Waals surface area contributed by atoms with Crippen molar-refractivity contribution in [1.82, 2.24) is 15.1 Å². The molecule has 0 amide bonds. The number of aryl methyl sites for hydroxylation is 1. The molecule has 0 radical (unpaired) electrons. The standard InChI is InChI=1S/C17H24ClN3/c1-5-10-19-12(2)17-13(3)20-21(14(17)4)11-15-6-8-16(18)9-7-15/h6-9,12,19H,5,10-11H2,1-4H3. The lowest BCUT2D eigenvalue weighted by atomic mass is 10.1. The van der Waals surface area contributed by atoms with Crippen LogP contribution in [0.3, 0.4) is 0 Å². The van der Waals surface area contributed by atoms with E-state index in [-0.39, 0.29) is 0 Å². The third kappa shape index (κ3) is 3.86. The first-order valence-electron chi connectivity index (χ1n) is 7.54. The molecule has 2 rings (SSSR count). The number of aromatic nitrogens is 2. The summed E-state index contributed by atoms with van der Waals surface area (Å²) >= 11 is 5.93. The molecule has 1 aromatic carbocycles. The van der Waals surface area contributed by atoms with Gasteiger partial charge in [0.15, 0.2) is 0 Å². The highest BCUT2D eigenvalue weighted by Gasteiger charge is 2.16. The minimum Gasteiger partial charge on any atom is -0.310 e. The molecule has 0 fully saturated rings. The van der Waals surface area contributed by atoms with Crippen LogP contribution in [0.5, 0.6) is 0 Å². The van der Waals surface area contributed by atoms with Gasteiger partial charge in [-0.25, -0.2) is 0 Å². The highest BCUT2D eigenvalue weighted by atomic mass is 35.5. The lowest BCUT2D eigenvalue weighted by molar-refractivity contribution is 0.564. The van der Waals surface area contributed by atoms with Crippen LogP contribution >= 0.6 is 11.6 Å². The molecule has 1 atom stereocenters. The fraction of sp³-hybridized carbons (Fsp3) is 0.471. The van der Waals surface area contributed by atoms with Gasteiger partial charge in [0.2, 0.25) is 0 Å². The molecule has 0 saturated carbocycles. The lowest BCUT2D eigenvalue weighted by Gasteiger charge is -2.14. The van der Waals surface area contributed by atoms with Crippen LogP contribution in [0.4, 0.5) is 0 Å². The fourth-order valence-electron chi connectivity index (χ4n) is 2.72. The molecule has 21 heavy (non-hydrogen) atoms. The summed E-state index contributed by atoms with van der Waals surface area (Å²) in [6.07, 6.45) is 1.14. The van der Waals surface area contributed by atoms with Gasteiger partial charge in [-0.1, -0.05) is 30.7 Å². The summed E-state index contributed by atoms with van der Waals surface area (Å²) in [7, 11) is 0. The topological polar surface area (TPSA) is 29.9 Å². The molecule has 1 N–H and O–H groups in total. The fourth-order valence-corrected chi connectivity index (χ4v) is 2.84. The van der Waals surface area contributed by atoms with E-state index in [4.69, 9.17) is 16.7 Å². The van der Waals surface area contributed by atoms with Crippen LogP contribution < -0.4 is 5.32 Å². The predicted molar refractivity (Wildman–Crippen MR) is 89.0 cm³/mol. The van der Waals surface area contributed by atoms with Gasteiger partial charge in [0.05, 0.1) is 12.2 Å². The molecule has 2 aromatic rings. The molecule has 3 nitrogen and oxygen atoms in total. The summed E-state index contributed by atoms with van der Waals surface area (Å²) in [6, 6.07) is 8.29. The Morgan fingerprint density at radius 1 is 1.24 bits per heavy atom. The van der Waals surface area contributed by atoms with Crippen molar-refractivity contribution in [3.8, 4) is 0 Å². The molecule has 0 aliphatic rings. The summed E-state index contributed by atoms with van der Waals surface area (Å²) in [4.78, 5) is 0. The van der Waals surface area contributed by atoms with E-state index in [2.05, 4.69) is 49.8 Å². The van der Waals surface area contributed by atoms with Crippen LogP contribution in [0.2, 0.25) is 5.02 Å². The zero-order valence-corrected chi connectivity index (χ0v) is 14.0. The second-order valence-corrected chi connectivity index (χ2v) is 5.98. The first-order chi connectivity index (χ1) is 10.0. The summed E-state index contributed by atoms with van der Waals surface area (Å²) in [6.45, 7) is 10.4. The molecule has 0 aliphatic heterocycles. The van der Waals surface area contributed by atoms with E-state index in [1.807, 2.05) is 12.1 Å². The van der Waals surface area contributed by atoms with Crippen molar-refractivity contribution in [1.29, 1.82) is 0 Å². The molecular formula is C17H24ClN3. The first-order valence-corrected chi connectivity index (χ1v) is 7.92. The maximum absolute atomic E-state index is 5.93. The lowest BCUT2D eigenvalue weighted by Crippen LogP contribution is -2.20. The van der Waals surface area contributed by atoms with Crippen molar-refractivity contribution in [2.24, 2.45) is 0 Å². The molecule has 0 spiro atoms. The summed E-state index contributed by atoms with van der Waals surface area (Å²) in [5, 5.41) is 9.01. The first kappa shape index (κ1) is 16.1. The molecule has 0 aliphatic carbocycles. The Kier molecular flexibility index (Phi) is 5.43. The van der Waals surface area contributed by atoms with Crippen LogP contribution in [0.1, 0.15) is 48.8 Å². The second-order valence-electron chi connectivity index (χ2n) is 5.54. The summed E-state index contributed by atoms with van der Waals surface area (Å²) in [5.41, 5.74) is 4.87. The molecule has 1 aromatic heterocycles. The molecule has 1 unspecified atom stereocenters. The maximum atomic E-state index is 5.93. The Labute approximate surface area is 132 Å². The van der Waals surface area contributed by atoms with Gasteiger partial charge in [0, 0.05) is 22.3 Å². The molecule has 114 valence electrons. The zero-order chi connectivity index (χ0) is 15.4. The van der Waals surface area contributed by atoms with Gasteiger partial charge in [-0.05, 0) is 51.4 Å². The van der Waals surface area contributed by atoms with E-state index in [1.165, 1.54) is 16.8 Å². The van der Waals surface area contributed by atoms with E-state index in [1.54, 1.807) is 0 Å². The number of benzene rings is 1. The average Bonchev–Trinajstić information content (AvgIpc) is 2.73. The minimum absolute atomic E-state index is 0.337. The Hall–Kier alpha value is -1.32.